The van der Waals surface area contributed by atoms with Gasteiger partial charge in [-0.2, -0.15) is 0 Å². The Morgan fingerprint density at radius 3 is 2.65 bits per heavy atom. The Labute approximate surface area is 184 Å². The van der Waals surface area contributed by atoms with Crippen molar-refractivity contribution in [3.05, 3.63) is 30.1 Å². The molecule has 0 fully saturated rings. The normalized spacial score (nSPS) is 12.2. The van der Waals surface area contributed by atoms with Gasteiger partial charge in [0, 0.05) is 24.9 Å². The van der Waals surface area contributed by atoms with Crippen LogP contribution in [0.25, 0.3) is 21.9 Å². The van der Waals surface area contributed by atoms with Crippen molar-refractivity contribution in [2.75, 3.05) is 31.2 Å². The summed E-state index contributed by atoms with van der Waals surface area (Å²) in [4.78, 5) is 9.31. The van der Waals surface area contributed by atoms with E-state index >= 15 is 0 Å². The van der Waals surface area contributed by atoms with Gasteiger partial charge in [0.25, 0.3) is 0 Å². The number of aryl methyl sites for hydroxylation is 1. The molecule has 0 spiro atoms. The molecule has 0 bridgehead atoms. The van der Waals surface area contributed by atoms with E-state index in [-0.39, 0.29) is 12.3 Å². The first-order chi connectivity index (χ1) is 15.0. The molecular weight excluding hydrogens is 414 g/mol. The molecule has 8 nitrogen and oxygen atoms in total. The van der Waals surface area contributed by atoms with Gasteiger partial charge < -0.3 is 15.0 Å². The summed E-state index contributed by atoms with van der Waals surface area (Å²) < 4.78 is 34.2. The van der Waals surface area contributed by atoms with E-state index in [2.05, 4.69) is 21.2 Å². The number of nitrogens with two attached hydrogens (primary N) is 1. The topological polar surface area (TPSA) is 112 Å². The lowest BCUT2D eigenvalue weighted by atomic mass is 10.2. The number of hydrogen-bond donors (Lipinski definition) is 2. The number of hydrogen-bond acceptors (Lipinski definition) is 6. The highest BCUT2D eigenvalue weighted by atomic mass is 32.2. The molecule has 0 saturated carbocycles. The minimum atomic E-state index is -3.22. The van der Waals surface area contributed by atoms with E-state index in [9.17, 15) is 8.42 Å². The standard InChI is InChI=1S/C22H33N5O3S/c1-3-5-11-19-26-20-21(17-9-7-8-10-18(17)25-22(20)23)27(19)13-15-30-14-12-24-31(28,29)16-6-4-2/h7-10,24H,3-6,11-16H2,1-2H3,(H2,23,25). The minimum absolute atomic E-state index is 0.161. The number of pyridine rings is 1. The average Bonchev–Trinajstić information content (AvgIpc) is 3.12. The minimum Gasteiger partial charge on any atom is -0.382 e. The van der Waals surface area contributed by atoms with Crippen LogP contribution in [0.1, 0.15) is 45.4 Å². The van der Waals surface area contributed by atoms with E-state index in [0.717, 1.165) is 53.4 Å². The zero-order valence-corrected chi connectivity index (χ0v) is 19.2. The number of fused-ring (bicyclic) bond motifs is 3. The molecule has 0 amide bonds. The van der Waals surface area contributed by atoms with Crippen LogP contribution in [0, 0.1) is 0 Å². The molecule has 2 heterocycles. The molecule has 0 atom stereocenters. The van der Waals surface area contributed by atoms with E-state index in [1.54, 1.807) is 0 Å². The van der Waals surface area contributed by atoms with Crippen LogP contribution in [0.2, 0.25) is 0 Å². The van der Waals surface area contributed by atoms with Gasteiger partial charge in [0.15, 0.2) is 5.82 Å². The molecule has 3 N–H and O–H groups in total. The van der Waals surface area contributed by atoms with Crippen LogP contribution in [0.15, 0.2) is 24.3 Å². The number of aromatic nitrogens is 3. The summed E-state index contributed by atoms with van der Waals surface area (Å²) in [6.45, 7) is 5.80. The van der Waals surface area contributed by atoms with Gasteiger partial charge in [0.2, 0.25) is 10.0 Å². The second kappa shape index (κ2) is 10.9. The predicted molar refractivity (Wildman–Crippen MR) is 126 cm³/mol. The van der Waals surface area contributed by atoms with Gasteiger partial charge in [-0.3, -0.25) is 0 Å². The molecule has 9 heteroatoms. The van der Waals surface area contributed by atoms with Crippen molar-refractivity contribution in [3.63, 3.8) is 0 Å². The Balaban J connectivity index is 1.71. The van der Waals surface area contributed by atoms with E-state index in [4.69, 9.17) is 15.5 Å². The van der Waals surface area contributed by atoms with Crippen molar-refractivity contribution >= 4 is 37.8 Å². The van der Waals surface area contributed by atoms with Gasteiger partial charge in [-0.05, 0) is 18.9 Å². The van der Waals surface area contributed by atoms with E-state index in [1.165, 1.54) is 0 Å². The van der Waals surface area contributed by atoms with Crippen LogP contribution in [-0.4, -0.2) is 48.5 Å². The maximum Gasteiger partial charge on any atom is 0.211 e. The molecule has 0 aliphatic rings. The Morgan fingerprint density at radius 2 is 1.87 bits per heavy atom. The van der Waals surface area contributed by atoms with Crippen molar-refractivity contribution in [3.8, 4) is 0 Å². The first kappa shape index (κ1) is 23.4. The largest absolute Gasteiger partial charge is 0.382 e. The SMILES string of the molecule is CCCCc1nc2c(N)nc3ccccc3c2n1CCOCCNS(=O)(=O)CCCC. The number of unbranched alkanes of at least 4 members (excludes halogenated alkanes) is 2. The summed E-state index contributed by atoms with van der Waals surface area (Å²) in [5, 5.41) is 1.02. The molecular formula is C22H33N5O3S. The van der Waals surface area contributed by atoms with Crippen LogP contribution >= 0.6 is 0 Å². The van der Waals surface area contributed by atoms with Crippen LogP contribution < -0.4 is 10.5 Å². The number of nitrogens with one attached hydrogen (secondary N) is 1. The number of anilines is 1. The fourth-order valence-corrected chi connectivity index (χ4v) is 4.81. The quantitative estimate of drug-likeness (QED) is 0.389. The summed E-state index contributed by atoms with van der Waals surface area (Å²) in [6, 6.07) is 7.93. The third-order valence-electron chi connectivity index (χ3n) is 5.24. The lowest BCUT2D eigenvalue weighted by Crippen LogP contribution is -2.29. The Morgan fingerprint density at radius 1 is 1.10 bits per heavy atom. The van der Waals surface area contributed by atoms with Gasteiger partial charge in [0.05, 0.1) is 30.0 Å². The lowest BCUT2D eigenvalue weighted by Gasteiger charge is -2.12. The third kappa shape index (κ3) is 5.93. The van der Waals surface area contributed by atoms with Crippen LogP contribution in [0.5, 0.6) is 0 Å². The first-order valence-electron chi connectivity index (χ1n) is 11.0. The number of ether oxygens (including phenoxy) is 1. The number of rotatable bonds is 13. The molecule has 170 valence electrons. The van der Waals surface area contributed by atoms with Crippen molar-refractivity contribution < 1.29 is 13.2 Å². The monoisotopic (exact) mass is 447 g/mol. The zero-order valence-electron chi connectivity index (χ0n) is 18.4. The van der Waals surface area contributed by atoms with Crippen molar-refractivity contribution in [1.29, 1.82) is 0 Å². The Bertz CT molecular complexity index is 1110. The van der Waals surface area contributed by atoms with Crippen LogP contribution in [-0.2, 0) is 27.7 Å². The van der Waals surface area contributed by atoms with E-state index in [0.29, 0.717) is 32.0 Å². The van der Waals surface area contributed by atoms with Crippen LogP contribution in [0.4, 0.5) is 5.82 Å². The molecule has 31 heavy (non-hydrogen) atoms. The van der Waals surface area contributed by atoms with Gasteiger partial charge in [-0.25, -0.2) is 23.1 Å². The maximum absolute atomic E-state index is 11.9. The summed E-state index contributed by atoms with van der Waals surface area (Å²) in [7, 11) is -3.22. The van der Waals surface area contributed by atoms with E-state index < -0.39 is 10.0 Å². The number of imidazole rings is 1. The summed E-state index contributed by atoms with van der Waals surface area (Å²) in [6.07, 6.45) is 4.49. The van der Waals surface area contributed by atoms with Gasteiger partial charge in [-0.15, -0.1) is 0 Å². The van der Waals surface area contributed by atoms with Crippen molar-refractivity contribution in [2.24, 2.45) is 0 Å². The van der Waals surface area contributed by atoms with Gasteiger partial charge in [0.1, 0.15) is 11.3 Å². The smallest absolute Gasteiger partial charge is 0.211 e. The highest BCUT2D eigenvalue weighted by Crippen LogP contribution is 2.29. The molecule has 2 aromatic heterocycles. The molecule has 0 unspecified atom stereocenters. The number of sulfonamides is 1. The fraction of sp³-hybridized carbons (Fsp3) is 0.545. The molecule has 0 radical (unpaired) electrons. The number of nitrogens with zero attached hydrogens (tertiary/aromatic N) is 3. The fourth-order valence-electron chi connectivity index (χ4n) is 3.61. The van der Waals surface area contributed by atoms with E-state index in [1.807, 2.05) is 31.2 Å². The third-order valence-corrected chi connectivity index (χ3v) is 6.71. The summed E-state index contributed by atoms with van der Waals surface area (Å²) >= 11 is 0. The second-order valence-electron chi connectivity index (χ2n) is 7.67. The summed E-state index contributed by atoms with van der Waals surface area (Å²) in [5.41, 5.74) is 8.78. The highest BCUT2D eigenvalue weighted by molar-refractivity contribution is 7.89. The van der Waals surface area contributed by atoms with Gasteiger partial charge >= 0.3 is 0 Å². The first-order valence-corrected chi connectivity index (χ1v) is 12.7. The molecule has 0 aliphatic carbocycles. The van der Waals surface area contributed by atoms with Crippen molar-refractivity contribution in [1.82, 2.24) is 19.3 Å². The van der Waals surface area contributed by atoms with Crippen LogP contribution in [0.3, 0.4) is 0 Å². The number of para-hydroxylation sites is 1. The van der Waals surface area contributed by atoms with Gasteiger partial charge in [-0.1, -0.05) is 44.9 Å². The molecule has 3 rings (SSSR count). The maximum atomic E-state index is 11.9. The molecule has 0 saturated heterocycles. The highest BCUT2D eigenvalue weighted by Gasteiger charge is 2.17. The molecule has 1 aromatic carbocycles. The Kier molecular flexibility index (Phi) is 8.22. The number of benzene rings is 1. The predicted octanol–water partition coefficient (Wildman–Crippen LogP) is 3.25. The average molecular weight is 448 g/mol. The lowest BCUT2D eigenvalue weighted by molar-refractivity contribution is 0.131. The zero-order chi connectivity index (χ0) is 22.3. The summed E-state index contributed by atoms with van der Waals surface area (Å²) in [5.74, 6) is 1.58. The number of nitrogen functional groups attached to an aromatic ring is 1. The molecule has 0 aliphatic heterocycles. The molecule has 3 aromatic rings. The van der Waals surface area contributed by atoms with Crippen molar-refractivity contribution in [2.45, 2.75) is 52.5 Å². The second-order valence-corrected chi connectivity index (χ2v) is 9.60. The Hall–Kier alpha value is -2.23.